The molecule has 0 bridgehead atoms. The van der Waals surface area contributed by atoms with Crippen molar-refractivity contribution in [2.75, 3.05) is 0 Å². The molecule has 0 fully saturated rings. The van der Waals surface area contributed by atoms with Crippen molar-refractivity contribution < 1.29 is 9.66 Å². The van der Waals surface area contributed by atoms with Gasteiger partial charge >= 0.3 is 5.69 Å². The number of hydrogen-bond donors (Lipinski definition) is 0. The first kappa shape index (κ1) is 14.5. The predicted octanol–water partition coefficient (Wildman–Crippen LogP) is 4.72. The molecule has 5 heteroatoms. The van der Waals surface area contributed by atoms with Crippen LogP contribution in [0.5, 0.6) is 11.5 Å². The number of nitro benzene ring substituents is 1. The molecule has 5 nitrogen and oxygen atoms in total. The molecule has 0 aliphatic heterocycles. The molecule has 0 saturated carbocycles. The average molecular weight is 304 g/mol. The highest BCUT2D eigenvalue weighted by Gasteiger charge is 2.15. The first-order valence-electron chi connectivity index (χ1n) is 6.93. The lowest BCUT2D eigenvalue weighted by Gasteiger charge is -2.08. The summed E-state index contributed by atoms with van der Waals surface area (Å²) in [6.45, 7) is 1.85. The summed E-state index contributed by atoms with van der Waals surface area (Å²) in [6.07, 6.45) is 0. The van der Waals surface area contributed by atoms with Crippen LogP contribution in [0, 0.1) is 28.4 Å². The van der Waals surface area contributed by atoms with Crippen molar-refractivity contribution >= 4 is 16.5 Å². The second-order valence-corrected chi connectivity index (χ2v) is 5.17. The number of hydrogen-bond acceptors (Lipinski definition) is 4. The van der Waals surface area contributed by atoms with E-state index >= 15 is 0 Å². The first-order valence-corrected chi connectivity index (χ1v) is 6.93. The van der Waals surface area contributed by atoms with Gasteiger partial charge in [-0.05, 0) is 53.6 Å². The fraction of sp³-hybridized carbons (Fsp3) is 0.0556. The molecule has 0 unspecified atom stereocenters. The molecule has 0 aliphatic rings. The lowest BCUT2D eigenvalue weighted by atomic mass is 10.1. The molecular formula is C18H12N2O3. The Bertz CT molecular complexity index is 958. The number of ether oxygens (including phenoxy) is 1. The molecule has 0 aromatic heterocycles. The van der Waals surface area contributed by atoms with Crippen LogP contribution in [0.25, 0.3) is 10.8 Å². The van der Waals surface area contributed by atoms with Gasteiger partial charge in [0.1, 0.15) is 5.75 Å². The summed E-state index contributed by atoms with van der Waals surface area (Å²) in [4.78, 5) is 10.6. The highest BCUT2D eigenvalue weighted by atomic mass is 16.6. The molecule has 3 aromatic rings. The van der Waals surface area contributed by atoms with Crippen LogP contribution in [0.15, 0.2) is 54.6 Å². The van der Waals surface area contributed by atoms with E-state index in [0.29, 0.717) is 11.3 Å². The van der Waals surface area contributed by atoms with E-state index < -0.39 is 4.92 Å². The molecule has 23 heavy (non-hydrogen) atoms. The molecule has 0 radical (unpaired) electrons. The van der Waals surface area contributed by atoms with Crippen LogP contribution in [0.3, 0.4) is 0 Å². The quantitative estimate of drug-likeness (QED) is 0.518. The summed E-state index contributed by atoms with van der Waals surface area (Å²) in [5.74, 6) is 0.721. The van der Waals surface area contributed by atoms with Gasteiger partial charge in [0.2, 0.25) is 5.75 Å². The highest BCUT2D eigenvalue weighted by molar-refractivity contribution is 5.85. The van der Waals surface area contributed by atoms with Gasteiger partial charge in [0, 0.05) is 6.07 Å². The Morgan fingerprint density at radius 1 is 1.04 bits per heavy atom. The number of rotatable bonds is 3. The third-order valence-corrected chi connectivity index (χ3v) is 3.48. The number of nitro groups is 1. The summed E-state index contributed by atoms with van der Waals surface area (Å²) in [7, 11) is 0. The third-order valence-electron chi connectivity index (χ3n) is 3.48. The lowest BCUT2D eigenvalue weighted by Crippen LogP contribution is -1.94. The van der Waals surface area contributed by atoms with Gasteiger partial charge in [-0.1, -0.05) is 18.2 Å². The SMILES string of the molecule is Cc1ccc([N+](=O)[O-])c(Oc2ccc3cc(C#N)ccc3c2)c1. The van der Waals surface area contributed by atoms with E-state index in [1.54, 1.807) is 36.4 Å². The maximum atomic E-state index is 11.1. The molecule has 0 saturated heterocycles. The largest absolute Gasteiger partial charge is 0.450 e. The lowest BCUT2D eigenvalue weighted by molar-refractivity contribution is -0.385. The third kappa shape index (κ3) is 2.97. The van der Waals surface area contributed by atoms with E-state index in [1.165, 1.54) is 6.07 Å². The molecule has 3 aromatic carbocycles. The minimum Gasteiger partial charge on any atom is -0.450 e. The molecule has 0 N–H and O–H groups in total. The summed E-state index contributed by atoms with van der Waals surface area (Å²) < 4.78 is 5.71. The summed E-state index contributed by atoms with van der Waals surface area (Å²) in [5, 5.41) is 21.8. The standard InChI is InChI=1S/C18H12N2O3/c1-12-2-7-17(20(21)22)18(8-12)23-16-6-5-14-9-13(11-19)3-4-15(14)10-16/h2-10H,1H3. The zero-order chi connectivity index (χ0) is 16.4. The van der Waals surface area contributed by atoms with Crippen molar-refractivity contribution in [2.24, 2.45) is 0 Å². The van der Waals surface area contributed by atoms with Crippen molar-refractivity contribution in [3.63, 3.8) is 0 Å². The van der Waals surface area contributed by atoms with Crippen molar-refractivity contribution in [3.05, 3.63) is 75.8 Å². The maximum Gasteiger partial charge on any atom is 0.311 e. The number of nitrogens with zero attached hydrogens (tertiary/aromatic N) is 2. The number of fused-ring (bicyclic) bond motifs is 1. The van der Waals surface area contributed by atoms with Crippen LogP contribution >= 0.6 is 0 Å². The smallest absolute Gasteiger partial charge is 0.311 e. The van der Waals surface area contributed by atoms with Crippen LogP contribution in [-0.2, 0) is 0 Å². The minimum atomic E-state index is -0.463. The molecule has 0 spiro atoms. The monoisotopic (exact) mass is 304 g/mol. The molecule has 0 amide bonds. The van der Waals surface area contributed by atoms with Crippen LogP contribution < -0.4 is 4.74 Å². The summed E-state index contributed by atoms with van der Waals surface area (Å²) in [5.41, 5.74) is 1.39. The Labute approximate surface area is 132 Å². The molecule has 0 aliphatic carbocycles. The Hall–Kier alpha value is -3.39. The Morgan fingerprint density at radius 2 is 1.78 bits per heavy atom. The Morgan fingerprint density at radius 3 is 2.52 bits per heavy atom. The second kappa shape index (κ2) is 5.78. The van der Waals surface area contributed by atoms with Crippen molar-refractivity contribution in [2.45, 2.75) is 6.92 Å². The molecular weight excluding hydrogens is 292 g/mol. The average Bonchev–Trinajstić information content (AvgIpc) is 2.54. The van der Waals surface area contributed by atoms with E-state index in [4.69, 9.17) is 10.00 Å². The summed E-state index contributed by atoms with van der Waals surface area (Å²) in [6, 6.07) is 17.5. The van der Waals surface area contributed by atoms with E-state index in [-0.39, 0.29) is 11.4 Å². The maximum absolute atomic E-state index is 11.1. The number of aryl methyl sites for hydroxylation is 1. The van der Waals surface area contributed by atoms with Crippen LogP contribution in [0.1, 0.15) is 11.1 Å². The molecule has 0 heterocycles. The normalized spacial score (nSPS) is 10.3. The van der Waals surface area contributed by atoms with Crippen molar-refractivity contribution in [3.8, 4) is 17.6 Å². The van der Waals surface area contributed by atoms with Crippen LogP contribution in [0.4, 0.5) is 5.69 Å². The number of benzene rings is 3. The van der Waals surface area contributed by atoms with Gasteiger partial charge in [-0.3, -0.25) is 10.1 Å². The highest BCUT2D eigenvalue weighted by Crippen LogP contribution is 2.33. The summed E-state index contributed by atoms with van der Waals surface area (Å²) >= 11 is 0. The van der Waals surface area contributed by atoms with E-state index in [9.17, 15) is 10.1 Å². The van der Waals surface area contributed by atoms with Gasteiger partial charge < -0.3 is 4.74 Å². The van der Waals surface area contributed by atoms with Crippen LogP contribution in [-0.4, -0.2) is 4.92 Å². The van der Waals surface area contributed by atoms with Gasteiger partial charge in [0.15, 0.2) is 0 Å². The molecule has 3 rings (SSSR count). The predicted molar refractivity (Wildman–Crippen MR) is 86.6 cm³/mol. The van der Waals surface area contributed by atoms with Gasteiger partial charge in [0.25, 0.3) is 0 Å². The minimum absolute atomic E-state index is 0.0736. The van der Waals surface area contributed by atoms with E-state index in [2.05, 4.69) is 6.07 Å². The zero-order valence-electron chi connectivity index (χ0n) is 12.3. The Balaban J connectivity index is 2.01. The zero-order valence-corrected chi connectivity index (χ0v) is 12.3. The van der Waals surface area contributed by atoms with Gasteiger partial charge in [0.05, 0.1) is 16.6 Å². The van der Waals surface area contributed by atoms with Gasteiger partial charge in [-0.2, -0.15) is 5.26 Å². The molecule has 0 atom stereocenters. The van der Waals surface area contributed by atoms with E-state index in [1.807, 2.05) is 19.1 Å². The first-order chi connectivity index (χ1) is 11.1. The fourth-order valence-electron chi connectivity index (χ4n) is 2.34. The second-order valence-electron chi connectivity index (χ2n) is 5.17. The van der Waals surface area contributed by atoms with Gasteiger partial charge in [-0.15, -0.1) is 0 Å². The number of nitriles is 1. The fourth-order valence-corrected chi connectivity index (χ4v) is 2.34. The van der Waals surface area contributed by atoms with Crippen molar-refractivity contribution in [1.82, 2.24) is 0 Å². The topological polar surface area (TPSA) is 76.2 Å². The molecule has 112 valence electrons. The van der Waals surface area contributed by atoms with E-state index in [0.717, 1.165) is 16.3 Å². The Kier molecular flexibility index (Phi) is 3.65. The van der Waals surface area contributed by atoms with Gasteiger partial charge in [-0.25, -0.2) is 0 Å². The van der Waals surface area contributed by atoms with Crippen molar-refractivity contribution in [1.29, 1.82) is 5.26 Å². The van der Waals surface area contributed by atoms with Crippen LogP contribution in [0.2, 0.25) is 0 Å².